The molecule has 8 aromatic rings. The van der Waals surface area contributed by atoms with Crippen LogP contribution in [0.3, 0.4) is 0 Å². The van der Waals surface area contributed by atoms with E-state index < -0.39 is 15.8 Å². The number of hydrogen-bond donors (Lipinski definition) is 0. The molecule has 2 heterocycles. The predicted octanol–water partition coefficient (Wildman–Crippen LogP) is 13.6. The lowest BCUT2D eigenvalue weighted by Gasteiger charge is -2.39. The van der Waals surface area contributed by atoms with Gasteiger partial charge < -0.3 is 18.9 Å². The van der Waals surface area contributed by atoms with E-state index in [9.17, 15) is 0 Å². The van der Waals surface area contributed by atoms with Crippen molar-refractivity contribution >= 4 is 69.5 Å². The quantitative estimate of drug-likeness (QED) is 0.128. The molecule has 290 valence electrons. The second kappa shape index (κ2) is 13.7. The van der Waals surface area contributed by atoms with Crippen LogP contribution in [0.15, 0.2) is 133 Å². The summed E-state index contributed by atoms with van der Waals surface area (Å²) in [7, 11) is 1.73. The maximum atomic E-state index is 7.42. The minimum absolute atomic E-state index is 0.111. The van der Waals surface area contributed by atoms with Gasteiger partial charge in [0.2, 0.25) is 0 Å². The summed E-state index contributed by atoms with van der Waals surface area (Å²) in [5.41, 5.74) is 4.58. The lowest BCUT2D eigenvalue weighted by atomic mass is 9.92. The Bertz CT molecular complexity index is 2630. The van der Waals surface area contributed by atoms with E-state index in [2.05, 4.69) is 175 Å². The molecule has 4 nitrogen and oxygen atoms in total. The topological polar surface area (TPSA) is 36.9 Å². The molecular weight excluding hydrogens is 751 g/mol. The fourth-order valence-corrected chi connectivity index (χ4v) is 16.2. The van der Waals surface area contributed by atoms with E-state index in [4.69, 9.17) is 18.9 Å². The number of methoxy groups -OCH3 is 2. The fraction of sp³-hybridized carbons (Fsp3) is 0.231. The van der Waals surface area contributed by atoms with Gasteiger partial charge in [0, 0.05) is 0 Å². The van der Waals surface area contributed by atoms with Crippen molar-refractivity contribution in [1.29, 1.82) is 0 Å². The summed E-state index contributed by atoms with van der Waals surface area (Å²) in [6.07, 6.45) is 0. The molecule has 0 saturated heterocycles. The van der Waals surface area contributed by atoms with Crippen LogP contribution in [-0.4, -0.2) is 36.2 Å². The zero-order valence-electron chi connectivity index (χ0n) is 34.4. The van der Waals surface area contributed by atoms with Gasteiger partial charge in [-0.25, -0.2) is 0 Å². The van der Waals surface area contributed by atoms with Crippen molar-refractivity contribution in [3.05, 3.63) is 133 Å². The molecule has 58 heavy (non-hydrogen) atoms. The summed E-state index contributed by atoms with van der Waals surface area (Å²) in [4.78, 5) is 0. The highest BCUT2D eigenvalue weighted by Crippen LogP contribution is 2.70. The summed E-state index contributed by atoms with van der Waals surface area (Å²) in [5.74, 6) is 3.15. The Kier molecular flexibility index (Phi) is 8.79. The summed E-state index contributed by atoms with van der Waals surface area (Å²) < 4.78 is 27.6. The Balaban J connectivity index is 1.14. The molecule has 0 N–H and O–H groups in total. The number of benzene rings is 8. The smallest absolute Gasteiger partial charge is 0.162 e. The normalized spacial score (nSPS) is 19.0. The molecule has 0 amide bonds. The lowest BCUT2D eigenvalue weighted by molar-refractivity contribution is 0.171. The molecule has 6 heteroatoms. The third-order valence-corrected chi connectivity index (χ3v) is 18.6. The maximum Gasteiger partial charge on any atom is 0.162 e. The second-order valence-electron chi connectivity index (χ2n) is 17.5. The molecule has 2 aliphatic heterocycles. The van der Waals surface area contributed by atoms with Crippen molar-refractivity contribution < 1.29 is 18.9 Å². The van der Waals surface area contributed by atoms with Gasteiger partial charge in [0.05, 0.1) is 24.8 Å². The molecule has 10 rings (SSSR count). The first-order chi connectivity index (χ1) is 27.9. The fourth-order valence-electron chi connectivity index (χ4n) is 9.49. The van der Waals surface area contributed by atoms with Crippen molar-refractivity contribution in [1.82, 2.24) is 0 Å². The van der Waals surface area contributed by atoms with Crippen LogP contribution in [0.1, 0.15) is 41.5 Å². The van der Waals surface area contributed by atoms with Crippen molar-refractivity contribution in [2.24, 2.45) is 0 Å². The number of hydrogen-bond acceptors (Lipinski definition) is 4. The highest BCUT2D eigenvalue weighted by Gasteiger charge is 2.56. The van der Waals surface area contributed by atoms with Crippen LogP contribution in [0.5, 0.6) is 23.0 Å². The second-order valence-corrected chi connectivity index (χ2v) is 23.6. The number of ether oxygens (including phenoxy) is 4. The van der Waals surface area contributed by atoms with Crippen molar-refractivity contribution in [2.75, 3.05) is 14.2 Å². The summed E-state index contributed by atoms with van der Waals surface area (Å²) in [6.45, 7) is 14.1. The van der Waals surface area contributed by atoms with Crippen LogP contribution < -0.4 is 29.6 Å². The third kappa shape index (κ3) is 5.86. The first-order valence-corrected chi connectivity index (χ1v) is 22.9. The Morgan fingerprint density at radius 1 is 0.431 bits per heavy atom. The van der Waals surface area contributed by atoms with Gasteiger partial charge in [-0.2, -0.15) is 0 Å². The molecular formula is C52H48O4P2. The molecule has 0 radical (unpaired) electrons. The van der Waals surface area contributed by atoms with Crippen LogP contribution in [0, 0.1) is 0 Å². The molecule has 0 unspecified atom stereocenters. The molecule has 0 bridgehead atoms. The van der Waals surface area contributed by atoms with E-state index in [0.29, 0.717) is 0 Å². The van der Waals surface area contributed by atoms with E-state index in [0.717, 1.165) is 34.1 Å². The van der Waals surface area contributed by atoms with E-state index in [1.165, 1.54) is 64.8 Å². The van der Waals surface area contributed by atoms with E-state index in [1.807, 2.05) is 0 Å². The largest absolute Gasteiger partial charge is 0.496 e. The van der Waals surface area contributed by atoms with Crippen molar-refractivity contribution in [3.8, 4) is 45.3 Å². The van der Waals surface area contributed by atoms with Crippen LogP contribution in [0.4, 0.5) is 0 Å². The van der Waals surface area contributed by atoms with Gasteiger partial charge >= 0.3 is 0 Å². The number of rotatable bonds is 5. The van der Waals surface area contributed by atoms with Crippen molar-refractivity contribution in [3.63, 3.8) is 0 Å². The Morgan fingerprint density at radius 2 is 0.741 bits per heavy atom. The van der Waals surface area contributed by atoms with Gasteiger partial charge in [0.1, 0.15) is 23.0 Å². The third-order valence-electron chi connectivity index (χ3n) is 11.8. The maximum absolute atomic E-state index is 7.42. The zero-order chi connectivity index (χ0) is 40.1. The average molecular weight is 799 g/mol. The lowest BCUT2D eigenvalue weighted by Crippen LogP contribution is -2.38. The van der Waals surface area contributed by atoms with E-state index in [-0.39, 0.29) is 22.0 Å². The van der Waals surface area contributed by atoms with Gasteiger partial charge in [0.25, 0.3) is 0 Å². The Hall–Kier alpha value is -5.14. The highest BCUT2D eigenvalue weighted by atomic mass is 31.1. The standard InChI is InChI=1S/C52H48O4P2/c1-51(2,3)57-47-41(53-7)27-35(45-37-21-13-9-17-31(37)25-32-18-10-14-22-38(32)45)29-43(47)55-49(57)50-56-44-30-36(28-42(54-8)48(44)58(50)52(4,5)6)46-39-23-15-11-19-33(39)26-34-20-12-16-24-40(34)46/h9-30,49-50H,1-8H3/t49-,50-,57+,58+/m0/s1. The molecule has 0 spiro atoms. The van der Waals surface area contributed by atoms with Crippen LogP contribution in [-0.2, 0) is 0 Å². The van der Waals surface area contributed by atoms with Gasteiger partial charge in [-0.05, 0) is 128 Å². The molecule has 8 aromatic carbocycles. The monoisotopic (exact) mass is 798 g/mol. The Morgan fingerprint density at radius 3 is 1.03 bits per heavy atom. The minimum atomic E-state index is -0.939. The van der Waals surface area contributed by atoms with Crippen LogP contribution in [0.2, 0.25) is 0 Å². The minimum Gasteiger partial charge on any atom is -0.496 e. The van der Waals surface area contributed by atoms with Gasteiger partial charge in [-0.15, -0.1) is 0 Å². The first kappa shape index (κ1) is 37.2. The zero-order valence-corrected chi connectivity index (χ0v) is 36.2. The summed E-state index contributed by atoms with van der Waals surface area (Å²) >= 11 is 0. The Labute approximate surface area is 343 Å². The van der Waals surface area contributed by atoms with E-state index >= 15 is 0 Å². The average Bonchev–Trinajstić information content (AvgIpc) is 3.81. The summed E-state index contributed by atoms with van der Waals surface area (Å²) in [5, 5.41) is 11.8. The number of fused-ring (bicyclic) bond motifs is 6. The van der Waals surface area contributed by atoms with Crippen LogP contribution >= 0.6 is 15.8 Å². The molecule has 0 saturated carbocycles. The predicted molar refractivity (Wildman–Crippen MR) is 248 cm³/mol. The van der Waals surface area contributed by atoms with Crippen molar-refractivity contribution in [2.45, 2.75) is 63.5 Å². The van der Waals surface area contributed by atoms with Crippen LogP contribution in [0.25, 0.3) is 65.3 Å². The SMILES string of the molecule is COc1cc(-c2c3ccccc3cc3ccccc23)cc2c1[P@@](C(C)(C)C)[C@@H]([C@H]1Oc3cc(-c4c5ccccc5cc5ccccc45)cc(OC)c3[P@@]1C(C)(C)C)O2. The van der Waals surface area contributed by atoms with E-state index in [1.54, 1.807) is 14.2 Å². The molecule has 0 fully saturated rings. The molecule has 0 aromatic heterocycles. The molecule has 2 aliphatic rings. The van der Waals surface area contributed by atoms with Gasteiger partial charge in [-0.3, -0.25) is 0 Å². The highest BCUT2D eigenvalue weighted by molar-refractivity contribution is 7.72. The van der Waals surface area contributed by atoms with Gasteiger partial charge in [-0.1, -0.05) is 139 Å². The first-order valence-electron chi connectivity index (χ1n) is 20.1. The molecule has 0 aliphatic carbocycles. The van der Waals surface area contributed by atoms with Gasteiger partial charge in [0.15, 0.2) is 11.7 Å². The molecule has 4 atom stereocenters. The summed E-state index contributed by atoms with van der Waals surface area (Å²) in [6, 6.07) is 48.3.